The molecule has 0 fully saturated rings. The predicted octanol–water partition coefficient (Wildman–Crippen LogP) is -0.364. The maximum atomic E-state index is 12.7. The lowest BCUT2D eigenvalue weighted by Crippen LogP contribution is -2.57. The lowest BCUT2D eigenvalue weighted by atomic mass is 10.0. The molecule has 7 N–H and O–H groups in total. The van der Waals surface area contributed by atoms with Crippen LogP contribution in [0.25, 0.3) is 0 Å². The van der Waals surface area contributed by atoms with Crippen LogP contribution in [0.2, 0.25) is 0 Å². The second kappa shape index (κ2) is 13.2. The first kappa shape index (κ1) is 27.6. The molecule has 11 nitrogen and oxygen atoms in total. The van der Waals surface area contributed by atoms with Crippen LogP contribution >= 0.6 is 0 Å². The van der Waals surface area contributed by atoms with E-state index in [2.05, 4.69) is 16.0 Å². The Hall–Kier alpha value is -3.47. The molecule has 0 saturated heterocycles. The summed E-state index contributed by atoms with van der Waals surface area (Å²) >= 11 is 0. The Morgan fingerprint density at radius 3 is 2.00 bits per heavy atom. The maximum Gasteiger partial charge on any atom is 0.326 e. The predicted molar refractivity (Wildman–Crippen MR) is 119 cm³/mol. The third-order valence-corrected chi connectivity index (χ3v) is 4.90. The highest BCUT2D eigenvalue weighted by Gasteiger charge is 2.30. The highest BCUT2D eigenvalue weighted by molar-refractivity contribution is 5.94. The third-order valence-electron chi connectivity index (χ3n) is 4.90. The standard InChI is InChI=1S/C22H32N4O7/c1-12(2)18(26-20(30)15(23)9-10-17(27)28)21(31)24-13(3)19(29)25-16(22(32)33)11-14-7-5-4-6-8-14/h4-8,12-13,15-16,18H,9-11,23H2,1-3H3,(H,24,31)(H,25,29)(H,26,30)(H,27,28)(H,32,33). The molecule has 1 aromatic rings. The summed E-state index contributed by atoms with van der Waals surface area (Å²) in [7, 11) is 0. The second-order valence-corrected chi connectivity index (χ2v) is 8.09. The summed E-state index contributed by atoms with van der Waals surface area (Å²) in [5.41, 5.74) is 6.41. The molecule has 0 spiro atoms. The van der Waals surface area contributed by atoms with Gasteiger partial charge in [0.25, 0.3) is 0 Å². The molecule has 0 aliphatic heterocycles. The molecule has 1 aromatic carbocycles. The number of hydrogen-bond acceptors (Lipinski definition) is 6. The lowest BCUT2D eigenvalue weighted by Gasteiger charge is -2.25. The number of benzene rings is 1. The Kier molecular flexibility index (Phi) is 11.0. The molecule has 0 aliphatic carbocycles. The lowest BCUT2D eigenvalue weighted by molar-refractivity contribution is -0.142. The molecule has 4 atom stereocenters. The fourth-order valence-corrected chi connectivity index (χ4v) is 2.92. The molecular weight excluding hydrogens is 432 g/mol. The molecular formula is C22H32N4O7. The zero-order valence-corrected chi connectivity index (χ0v) is 18.9. The monoisotopic (exact) mass is 464 g/mol. The minimum atomic E-state index is -1.21. The van der Waals surface area contributed by atoms with E-state index in [9.17, 15) is 29.1 Å². The van der Waals surface area contributed by atoms with Gasteiger partial charge >= 0.3 is 11.9 Å². The number of amides is 3. The van der Waals surface area contributed by atoms with Crippen molar-refractivity contribution in [2.45, 2.75) is 64.2 Å². The molecule has 1 rings (SSSR count). The van der Waals surface area contributed by atoms with Crippen LogP contribution in [0.5, 0.6) is 0 Å². The van der Waals surface area contributed by atoms with Crippen LogP contribution in [0.1, 0.15) is 39.2 Å². The van der Waals surface area contributed by atoms with E-state index in [0.29, 0.717) is 0 Å². The first-order chi connectivity index (χ1) is 15.4. The molecule has 4 unspecified atom stereocenters. The van der Waals surface area contributed by atoms with Crippen molar-refractivity contribution in [3.8, 4) is 0 Å². The smallest absolute Gasteiger partial charge is 0.326 e. The SMILES string of the molecule is CC(NC(=O)C(NC(=O)C(N)CCC(=O)O)C(C)C)C(=O)NC(Cc1ccccc1)C(=O)O. The van der Waals surface area contributed by atoms with Crippen LogP contribution in [0, 0.1) is 5.92 Å². The summed E-state index contributed by atoms with van der Waals surface area (Å²) in [6.45, 7) is 4.75. The van der Waals surface area contributed by atoms with Crippen molar-refractivity contribution in [2.24, 2.45) is 11.7 Å². The number of carboxylic acids is 2. The van der Waals surface area contributed by atoms with Gasteiger partial charge in [-0.3, -0.25) is 19.2 Å². The van der Waals surface area contributed by atoms with Crippen LogP contribution in [-0.2, 0) is 30.4 Å². The average molecular weight is 465 g/mol. The Bertz CT molecular complexity index is 844. The largest absolute Gasteiger partial charge is 0.481 e. The molecule has 0 bridgehead atoms. The highest BCUT2D eigenvalue weighted by atomic mass is 16.4. The van der Waals surface area contributed by atoms with E-state index in [-0.39, 0.29) is 25.2 Å². The Morgan fingerprint density at radius 1 is 0.879 bits per heavy atom. The molecule has 11 heteroatoms. The van der Waals surface area contributed by atoms with Gasteiger partial charge in [0.1, 0.15) is 18.1 Å². The van der Waals surface area contributed by atoms with Gasteiger partial charge in [-0.15, -0.1) is 0 Å². The van der Waals surface area contributed by atoms with Crippen LogP contribution in [-0.4, -0.2) is 64.0 Å². The third kappa shape index (κ3) is 9.69. The number of nitrogens with one attached hydrogen (secondary N) is 3. The topological polar surface area (TPSA) is 188 Å². The first-order valence-corrected chi connectivity index (χ1v) is 10.6. The van der Waals surface area contributed by atoms with Crippen LogP contribution < -0.4 is 21.7 Å². The minimum absolute atomic E-state index is 0.0709. The van der Waals surface area contributed by atoms with Gasteiger partial charge in [0.2, 0.25) is 17.7 Å². The quantitative estimate of drug-likeness (QED) is 0.228. The molecule has 0 saturated carbocycles. The van der Waals surface area contributed by atoms with E-state index in [0.717, 1.165) is 5.56 Å². The van der Waals surface area contributed by atoms with Gasteiger partial charge in [0.05, 0.1) is 6.04 Å². The summed E-state index contributed by atoms with van der Waals surface area (Å²) in [5.74, 6) is -4.70. The first-order valence-electron chi connectivity index (χ1n) is 10.6. The summed E-state index contributed by atoms with van der Waals surface area (Å²) in [4.78, 5) is 59.6. The summed E-state index contributed by atoms with van der Waals surface area (Å²) in [6, 6.07) is 4.39. The number of hydrogen-bond donors (Lipinski definition) is 6. The maximum absolute atomic E-state index is 12.7. The van der Waals surface area contributed by atoms with Crippen molar-refractivity contribution < 1.29 is 34.2 Å². The minimum Gasteiger partial charge on any atom is -0.481 e. The molecule has 0 heterocycles. The van der Waals surface area contributed by atoms with Crippen LogP contribution in [0.4, 0.5) is 0 Å². The van der Waals surface area contributed by atoms with Gasteiger partial charge in [-0.1, -0.05) is 44.2 Å². The van der Waals surface area contributed by atoms with Crippen molar-refractivity contribution in [2.75, 3.05) is 0 Å². The van der Waals surface area contributed by atoms with E-state index >= 15 is 0 Å². The fourth-order valence-electron chi connectivity index (χ4n) is 2.92. The van der Waals surface area contributed by atoms with E-state index in [1.807, 2.05) is 0 Å². The van der Waals surface area contributed by atoms with E-state index in [1.165, 1.54) is 6.92 Å². The molecule has 33 heavy (non-hydrogen) atoms. The Morgan fingerprint density at radius 2 is 1.48 bits per heavy atom. The van der Waals surface area contributed by atoms with Gasteiger partial charge in [-0.05, 0) is 24.8 Å². The molecule has 0 radical (unpaired) electrons. The zero-order chi connectivity index (χ0) is 25.1. The summed E-state index contributed by atoms with van der Waals surface area (Å²) in [6.07, 6.45) is -0.316. The van der Waals surface area contributed by atoms with Crippen molar-refractivity contribution in [1.82, 2.24) is 16.0 Å². The summed E-state index contributed by atoms with van der Waals surface area (Å²) < 4.78 is 0. The second-order valence-electron chi connectivity index (χ2n) is 8.09. The number of carbonyl (C=O) groups is 5. The molecule has 0 aliphatic rings. The fraction of sp³-hybridized carbons (Fsp3) is 0.500. The number of carboxylic acid groups (broad SMARTS) is 2. The van der Waals surface area contributed by atoms with Crippen LogP contribution in [0.15, 0.2) is 30.3 Å². The van der Waals surface area contributed by atoms with Gasteiger partial charge in [0, 0.05) is 12.8 Å². The van der Waals surface area contributed by atoms with Crippen LogP contribution in [0.3, 0.4) is 0 Å². The van der Waals surface area contributed by atoms with Crippen molar-refractivity contribution in [1.29, 1.82) is 0 Å². The van der Waals surface area contributed by atoms with E-state index in [1.54, 1.807) is 44.2 Å². The van der Waals surface area contributed by atoms with Crippen molar-refractivity contribution in [3.05, 3.63) is 35.9 Å². The normalized spacial score (nSPS) is 14.5. The number of nitrogens with two attached hydrogens (primary N) is 1. The Balaban J connectivity index is 2.72. The van der Waals surface area contributed by atoms with Crippen molar-refractivity contribution >= 4 is 29.7 Å². The van der Waals surface area contributed by atoms with Gasteiger partial charge in [-0.2, -0.15) is 0 Å². The molecule has 0 aromatic heterocycles. The summed E-state index contributed by atoms with van der Waals surface area (Å²) in [5, 5.41) is 25.5. The highest BCUT2D eigenvalue weighted by Crippen LogP contribution is 2.06. The zero-order valence-electron chi connectivity index (χ0n) is 18.9. The molecule has 182 valence electrons. The van der Waals surface area contributed by atoms with Gasteiger partial charge in [0.15, 0.2) is 0 Å². The Labute approximate surface area is 192 Å². The van der Waals surface area contributed by atoms with E-state index in [4.69, 9.17) is 10.8 Å². The number of rotatable bonds is 13. The number of carbonyl (C=O) groups excluding carboxylic acids is 3. The van der Waals surface area contributed by atoms with E-state index < -0.39 is 53.8 Å². The average Bonchev–Trinajstić information content (AvgIpc) is 2.75. The van der Waals surface area contributed by atoms with Gasteiger partial charge in [-0.25, -0.2) is 4.79 Å². The number of aliphatic carboxylic acids is 2. The molecule has 3 amide bonds. The van der Waals surface area contributed by atoms with Gasteiger partial charge < -0.3 is 31.9 Å². The van der Waals surface area contributed by atoms with Crippen molar-refractivity contribution in [3.63, 3.8) is 0 Å².